The minimum absolute atomic E-state index is 0.0330. The number of nitrogens with zero attached hydrogens (tertiary/aromatic N) is 4. The summed E-state index contributed by atoms with van der Waals surface area (Å²) in [5, 5.41) is 4.10. The van der Waals surface area contributed by atoms with Crippen LogP contribution >= 0.6 is 0 Å². The lowest BCUT2D eigenvalue weighted by atomic mass is 9.81. The van der Waals surface area contributed by atoms with E-state index >= 15 is 0 Å². The number of rotatable bonds is 4. The average molecular weight is 334 g/mol. The average Bonchev–Trinajstić information content (AvgIpc) is 3.02. The molecule has 0 bridgehead atoms. The monoisotopic (exact) mass is 334 g/mol. The van der Waals surface area contributed by atoms with Crippen molar-refractivity contribution >= 4 is 5.91 Å². The third-order valence-corrected chi connectivity index (χ3v) is 5.80. The minimum Gasteiger partial charge on any atom is -0.375 e. The van der Waals surface area contributed by atoms with Gasteiger partial charge >= 0.3 is 0 Å². The molecular formula is C18H30N4O2. The Morgan fingerprint density at radius 1 is 1.38 bits per heavy atom. The number of amides is 1. The highest BCUT2D eigenvalue weighted by molar-refractivity contribution is 5.92. The van der Waals surface area contributed by atoms with Gasteiger partial charge in [0, 0.05) is 39.0 Å². The fourth-order valence-electron chi connectivity index (χ4n) is 4.27. The molecule has 0 N–H and O–H groups in total. The highest BCUT2D eigenvalue weighted by Crippen LogP contribution is 2.37. The lowest BCUT2D eigenvalue weighted by molar-refractivity contribution is -0.129. The first-order chi connectivity index (χ1) is 11.6. The zero-order chi connectivity index (χ0) is 17.2. The SMILES string of the molecule is CCN(CC)C1CCOC2(CCN(C(=O)c3ccnn3C)CC2)C1. The summed E-state index contributed by atoms with van der Waals surface area (Å²) in [5.74, 6) is 0.0842. The van der Waals surface area contributed by atoms with Crippen LogP contribution in [0.1, 0.15) is 50.0 Å². The summed E-state index contributed by atoms with van der Waals surface area (Å²) in [6.07, 6.45) is 5.78. The Bertz CT molecular complexity index is 559. The van der Waals surface area contributed by atoms with E-state index in [1.165, 1.54) is 0 Å². The van der Waals surface area contributed by atoms with E-state index in [-0.39, 0.29) is 11.5 Å². The lowest BCUT2D eigenvalue weighted by Crippen LogP contribution is -2.54. The molecule has 2 fully saturated rings. The highest BCUT2D eigenvalue weighted by Gasteiger charge is 2.42. The topological polar surface area (TPSA) is 50.6 Å². The Hall–Kier alpha value is -1.40. The molecule has 0 aromatic carbocycles. The van der Waals surface area contributed by atoms with Crippen LogP contribution in [-0.2, 0) is 11.8 Å². The molecule has 1 aromatic heterocycles. The Morgan fingerprint density at radius 3 is 2.67 bits per heavy atom. The smallest absolute Gasteiger partial charge is 0.272 e. The van der Waals surface area contributed by atoms with Crippen molar-refractivity contribution in [3.05, 3.63) is 18.0 Å². The third kappa shape index (κ3) is 3.35. The maximum atomic E-state index is 12.6. The standard InChI is InChI=1S/C18H30N4O2/c1-4-21(5-2)15-7-13-24-18(14-15)8-11-22(12-9-18)17(23)16-6-10-19-20(16)3/h6,10,15H,4-5,7-9,11-14H2,1-3H3. The van der Waals surface area contributed by atoms with Crippen LogP contribution in [0, 0.1) is 0 Å². The number of aryl methyl sites for hydroxylation is 1. The predicted octanol–water partition coefficient (Wildman–Crippen LogP) is 1.92. The van der Waals surface area contributed by atoms with Crippen molar-refractivity contribution in [1.29, 1.82) is 0 Å². The summed E-state index contributed by atoms with van der Waals surface area (Å²) in [5.41, 5.74) is 0.630. The van der Waals surface area contributed by atoms with E-state index in [2.05, 4.69) is 23.8 Å². The van der Waals surface area contributed by atoms with Crippen molar-refractivity contribution in [2.75, 3.05) is 32.8 Å². The highest BCUT2D eigenvalue weighted by atomic mass is 16.5. The predicted molar refractivity (Wildman–Crippen MR) is 93.0 cm³/mol. The molecule has 24 heavy (non-hydrogen) atoms. The number of hydrogen-bond acceptors (Lipinski definition) is 4. The molecule has 1 spiro atoms. The zero-order valence-electron chi connectivity index (χ0n) is 15.2. The molecule has 0 saturated carbocycles. The number of carbonyl (C=O) groups is 1. The fourth-order valence-corrected chi connectivity index (χ4v) is 4.27. The number of aromatic nitrogens is 2. The molecule has 1 amide bonds. The van der Waals surface area contributed by atoms with E-state index < -0.39 is 0 Å². The van der Waals surface area contributed by atoms with Crippen molar-refractivity contribution in [2.45, 2.75) is 51.2 Å². The first-order valence-corrected chi connectivity index (χ1v) is 9.24. The molecule has 3 heterocycles. The van der Waals surface area contributed by atoms with Gasteiger partial charge in [0.25, 0.3) is 5.91 Å². The third-order valence-electron chi connectivity index (χ3n) is 5.80. The number of ether oxygens (including phenoxy) is 1. The van der Waals surface area contributed by atoms with Gasteiger partial charge < -0.3 is 14.5 Å². The summed E-state index contributed by atoms with van der Waals surface area (Å²) < 4.78 is 7.89. The van der Waals surface area contributed by atoms with Gasteiger partial charge in [-0.25, -0.2) is 0 Å². The van der Waals surface area contributed by atoms with Crippen molar-refractivity contribution in [3.8, 4) is 0 Å². The molecule has 0 aliphatic carbocycles. The zero-order valence-corrected chi connectivity index (χ0v) is 15.2. The minimum atomic E-state index is -0.0330. The van der Waals surface area contributed by atoms with Gasteiger partial charge in [-0.05, 0) is 44.8 Å². The van der Waals surface area contributed by atoms with Crippen LogP contribution in [0.5, 0.6) is 0 Å². The van der Waals surface area contributed by atoms with Gasteiger partial charge in [-0.15, -0.1) is 0 Å². The van der Waals surface area contributed by atoms with Crippen molar-refractivity contribution < 1.29 is 9.53 Å². The van der Waals surface area contributed by atoms with E-state index in [0.717, 1.165) is 58.5 Å². The fraction of sp³-hybridized carbons (Fsp3) is 0.778. The van der Waals surface area contributed by atoms with Crippen LogP contribution in [-0.4, -0.2) is 69.9 Å². The van der Waals surface area contributed by atoms with E-state index in [9.17, 15) is 4.79 Å². The van der Waals surface area contributed by atoms with Gasteiger partial charge in [-0.1, -0.05) is 13.8 Å². The van der Waals surface area contributed by atoms with Gasteiger partial charge in [0.15, 0.2) is 0 Å². The van der Waals surface area contributed by atoms with Crippen LogP contribution in [0.2, 0.25) is 0 Å². The quantitative estimate of drug-likeness (QED) is 0.844. The van der Waals surface area contributed by atoms with Crippen LogP contribution in [0.4, 0.5) is 0 Å². The molecule has 2 aliphatic rings. The maximum absolute atomic E-state index is 12.6. The molecule has 1 aromatic rings. The van der Waals surface area contributed by atoms with E-state index in [4.69, 9.17) is 4.74 Å². The van der Waals surface area contributed by atoms with Gasteiger partial charge in [0.2, 0.25) is 0 Å². The van der Waals surface area contributed by atoms with Gasteiger partial charge in [0.05, 0.1) is 5.60 Å². The Morgan fingerprint density at radius 2 is 2.08 bits per heavy atom. The molecule has 1 unspecified atom stereocenters. The second-order valence-corrected chi connectivity index (χ2v) is 7.03. The molecule has 2 saturated heterocycles. The molecule has 1 atom stereocenters. The maximum Gasteiger partial charge on any atom is 0.272 e. The van der Waals surface area contributed by atoms with Crippen LogP contribution in [0.25, 0.3) is 0 Å². The number of piperidine rings is 1. The second-order valence-electron chi connectivity index (χ2n) is 7.03. The van der Waals surface area contributed by atoms with Gasteiger partial charge in [-0.3, -0.25) is 9.48 Å². The number of hydrogen-bond donors (Lipinski definition) is 0. The Kier molecular flexibility index (Phi) is 5.25. The van der Waals surface area contributed by atoms with Gasteiger partial charge in [0.1, 0.15) is 5.69 Å². The molecule has 2 aliphatic heterocycles. The van der Waals surface area contributed by atoms with E-state index in [0.29, 0.717) is 11.7 Å². The summed E-state index contributed by atoms with van der Waals surface area (Å²) in [4.78, 5) is 17.1. The number of carbonyl (C=O) groups excluding carboxylic acids is 1. The van der Waals surface area contributed by atoms with Crippen molar-refractivity contribution in [1.82, 2.24) is 19.6 Å². The molecule has 6 nitrogen and oxygen atoms in total. The molecular weight excluding hydrogens is 304 g/mol. The van der Waals surface area contributed by atoms with Crippen LogP contribution < -0.4 is 0 Å². The van der Waals surface area contributed by atoms with Crippen LogP contribution in [0.3, 0.4) is 0 Å². The second kappa shape index (κ2) is 7.23. The van der Waals surface area contributed by atoms with E-state index in [1.807, 2.05) is 11.9 Å². The van der Waals surface area contributed by atoms with Crippen molar-refractivity contribution in [2.24, 2.45) is 7.05 Å². The summed E-state index contributed by atoms with van der Waals surface area (Å²) in [6, 6.07) is 2.41. The molecule has 6 heteroatoms. The molecule has 0 radical (unpaired) electrons. The number of likely N-dealkylation sites (tertiary alicyclic amines) is 1. The first-order valence-electron chi connectivity index (χ1n) is 9.24. The van der Waals surface area contributed by atoms with Crippen molar-refractivity contribution in [3.63, 3.8) is 0 Å². The lowest BCUT2D eigenvalue weighted by Gasteiger charge is -2.48. The Labute approximate surface area is 144 Å². The molecule has 3 rings (SSSR count). The normalized spacial score (nSPS) is 23.8. The van der Waals surface area contributed by atoms with Gasteiger partial charge in [-0.2, -0.15) is 5.10 Å². The summed E-state index contributed by atoms with van der Waals surface area (Å²) in [6.45, 7) is 9.06. The summed E-state index contributed by atoms with van der Waals surface area (Å²) in [7, 11) is 1.82. The summed E-state index contributed by atoms with van der Waals surface area (Å²) >= 11 is 0. The van der Waals surface area contributed by atoms with E-state index in [1.54, 1.807) is 16.9 Å². The Balaban J connectivity index is 1.61. The first kappa shape index (κ1) is 17.4. The largest absolute Gasteiger partial charge is 0.375 e. The molecule has 134 valence electrons. The van der Waals surface area contributed by atoms with Crippen LogP contribution in [0.15, 0.2) is 12.3 Å².